The monoisotopic (exact) mass is 316 g/mol. The molecule has 0 aliphatic carbocycles. The summed E-state index contributed by atoms with van der Waals surface area (Å²) in [5, 5.41) is 7.86. The third-order valence-corrected chi connectivity index (χ3v) is 3.74. The summed E-state index contributed by atoms with van der Waals surface area (Å²) in [6, 6.07) is 14.2. The van der Waals surface area contributed by atoms with Gasteiger partial charge in [0, 0.05) is 11.3 Å². The number of thioether (sulfide) groups is 1. The Morgan fingerprint density at radius 1 is 1.00 bits per heavy atom. The zero-order valence-electron chi connectivity index (χ0n) is 12.2. The number of nitrogens with zero attached hydrogens (tertiary/aromatic N) is 2. The maximum atomic E-state index is 13.0. The van der Waals surface area contributed by atoms with Crippen LogP contribution in [0.15, 0.2) is 63.6 Å². The van der Waals surface area contributed by atoms with Crippen molar-refractivity contribution in [2.75, 3.05) is 6.26 Å². The maximum Gasteiger partial charge on any atom is 0.211 e. The minimum Gasteiger partial charge on any atom is -0.369 e. The van der Waals surface area contributed by atoms with Crippen molar-refractivity contribution in [3.63, 3.8) is 0 Å². The van der Waals surface area contributed by atoms with Crippen LogP contribution in [0.4, 0.5) is 4.39 Å². The molecule has 0 heterocycles. The maximum absolute atomic E-state index is 13.0. The van der Waals surface area contributed by atoms with Gasteiger partial charge in [0.2, 0.25) is 5.96 Å². The molecule has 0 aliphatic heterocycles. The number of benzene rings is 2. The van der Waals surface area contributed by atoms with Gasteiger partial charge < -0.3 is 11.5 Å². The Bertz CT molecular complexity index is 674. The van der Waals surface area contributed by atoms with Crippen molar-refractivity contribution in [1.29, 1.82) is 0 Å². The summed E-state index contributed by atoms with van der Waals surface area (Å²) in [5.41, 5.74) is 13.3. The topological polar surface area (TPSA) is 76.8 Å². The molecule has 0 atom stereocenters. The number of rotatable bonds is 5. The highest BCUT2D eigenvalue weighted by atomic mass is 32.2. The first-order valence-electron chi connectivity index (χ1n) is 6.63. The number of hydrogen-bond acceptors (Lipinski definition) is 3. The Morgan fingerprint density at radius 3 is 2.18 bits per heavy atom. The van der Waals surface area contributed by atoms with Gasteiger partial charge in [-0.05, 0) is 41.6 Å². The minimum absolute atomic E-state index is 0.0997. The second-order valence-electron chi connectivity index (χ2n) is 4.60. The molecule has 0 saturated carbocycles. The van der Waals surface area contributed by atoms with Crippen LogP contribution >= 0.6 is 11.8 Å². The van der Waals surface area contributed by atoms with Gasteiger partial charge in [-0.3, -0.25) is 0 Å². The van der Waals surface area contributed by atoms with Crippen molar-refractivity contribution in [2.24, 2.45) is 21.7 Å². The minimum atomic E-state index is -0.268. The largest absolute Gasteiger partial charge is 0.369 e. The molecular formula is C16H17FN4S. The summed E-state index contributed by atoms with van der Waals surface area (Å²) in [6.07, 6.45) is 2.53. The molecule has 4 N–H and O–H groups in total. The van der Waals surface area contributed by atoms with Crippen molar-refractivity contribution in [1.82, 2.24) is 0 Å². The standard InChI is InChI=1S/C16H17FN4S/c1-22-14-8-4-12(5-9-14)15(20-21-16(18)19)10-11-2-6-13(17)7-3-11/h2-9H,10H2,1H3,(H4,18,19,21). The van der Waals surface area contributed by atoms with E-state index in [1.807, 2.05) is 30.5 Å². The van der Waals surface area contributed by atoms with E-state index in [9.17, 15) is 4.39 Å². The van der Waals surface area contributed by atoms with E-state index in [2.05, 4.69) is 10.2 Å². The highest BCUT2D eigenvalue weighted by molar-refractivity contribution is 7.98. The molecule has 2 aromatic carbocycles. The van der Waals surface area contributed by atoms with Crippen LogP contribution in [0.25, 0.3) is 0 Å². The fraction of sp³-hybridized carbons (Fsp3) is 0.125. The SMILES string of the molecule is CSc1ccc(C(Cc2ccc(F)cc2)=NN=C(N)N)cc1. The van der Waals surface area contributed by atoms with Gasteiger partial charge in [0.1, 0.15) is 5.82 Å². The highest BCUT2D eigenvalue weighted by Crippen LogP contribution is 2.17. The zero-order valence-corrected chi connectivity index (χ0v) is 13.0. The molecule has 0 bridgehead atoms. The fourth-order valence-corrected chi connectivity index (χ4v) is 2.30. The van der Waals surface area contributed by atoms with Crippen LogP contribution in [0.2, 0.25) is 0 Å². The molecule has 114 valence electrons. The molecule has 0 saturated heterocycles. The lowest BCUT2D eigenvalue weighted by atomic mass is 10.0. The first-order valence-corrected chi connectivity index (χ1v) is 7.85. The van der Waals surface area contributed by atoms with Crippen LogP contribution in [-0.2, 0) is 6.42 Å². The van der Waals surface area contributed by atoms with Crippen molar-refractivity contribution in [3.05, 3.63) is 65.5 Å². The molecular weight excluding hydrogens is 299 g/mol. The molecule has 0 radical (unpaired) electrons. The van der Waals surface area contributed by atoms with Crippen LogP contribution in [0.1, 0.15) is 11.1 Å². The van der Waals surface area contributed by atoms with Crippen LogP contribution < -0.4 is 11.5 Å². The van der Waals surface area contributed by atoms with Crippen molar-refractivity contribution < 1.29 is 4.39 Å². The normalized spacial score (nSPS) is 11.3. The predicted molar refractivity (Wildman–Crippen MR) is 90.7 cm³/mol. The van der Waals surface area contributed by atoms with Gasteiger partial charge in [-0.2, -0.15) is 5.10 Å². The average Bonchev–Trinajstić information content (AvgIpc) is 2.53. The average molecular weight is 316 g/mol. The smallest absolute Gasteiger partial charge is 0.211 e. The predicted octanol–water partition coefficient (Wildman–Crippen LogP) is 2.77. The van der Waals surface area contributed by atoms with Crippen molar-refractivity contribution in [3.8, 4) is 0 Å². The van der Waals surface area contributed by atoms with E-state index >= 15 is 0 Å². The molecule has 6 heteroatoms. The summed E-state index contributed by atoms with van der Waals surface area (Å²) in [5.74, 6) is -0.367. The summed E-state index contributed by atoms with van der Waals surface area (Å²) in [7, 11) is 0. The molecule has 0 spiro atoms. The van der Waals surface area contributed by atoms with E-state index in [1.165, 1.54) is 12.1 Å². The van der Waals surface area contributed by atoms with Crippen LogP contribution in [0.5, 0.6) is 0 Å². The van der Waals surface area contributed by atoms with Crippen LogP contribution in [0, 0.1) is 5.82 Å². The van der Waals surface area contributed by atoms with Crippen LogP contribution in [0.3, 0.4) is 0 Å². The van der Waals surface area contributed by atoms with Gasteiger partial charge in [0.25, 0.3) is 0 Å². The molecule has 0 aliphatic rings. The second-order valence-corrected chi connectivity index (χ2v) is 5.48. The van der Waals surface area contributed by atoms with Gasteiger partial charge in [0.15, 0.2) is 0 Å². The van der Waals surface area contributed by atoms with Crippen molar-refractivity contribution in [2.45, 2.75) is 11.3 Å². The first kappa shape index (κ1) is 16.0. The second kappa shape index (κ2) is 7.61. The third-order valence-electron chi connectivity index (χ3n) is 2.99. The molecule has 0 unspecified atom stereocenters. The Hall–Kier alpha value is -2.34. The molecule has 0 fully saturated rings. The van der Waals surface area contributed by atoms with E-state index in [4.69, 9.17) is 11.5 Å². The Morgan fingerprint density at radius 2 is 1.64 bits per heavy atom. The Balaban J connectivity index is 2.31. The van der Waals surface area contributed by atoms with E-state index in [-0.39, 0.29) is 11.8 Å². The van der Waals surface area contributed by atoms with Gasteiger partial charge in [-0.1, -0.05) is 24.3 Å². The number of nitrogens with two attached hydrogens (primary N) is 2. The highest BCUT2D eigenvalue weighted by Gasteiger charge is 2.06. The number of halogens is 1. The zero-order chi connectivity index (χ0) is 15.9. The van der Waals surface area contributed by atoms with E-state index in [1.54, 1.807) is 23.9 Å². The van der Waals surface area contributed by atoms with Gasteiger partial charge in [0.05, 0.1) is 5.71 Å². The van der Waals surface area contributed by atoms with E-state index in [0.29, 0.717) is 12.1 Å². The van der Waals surface area contributed by atoms with E-state index < -0.39 is 0 Å². The molecule has 0 aromatic heterocycles. The first-order chi connectivity index (χ1) is 10.6. The fourth-order valence-electron chi connectivity index (χ4n) is 1.89. The lowest BCUT2D eigenvalue weighted by Crippen LogP contribution is -2.22. The van der Waals surface area contributed by atoms with Crippen molar-refractivity contribution >= 4 is 23.4 Å². The molecule has 4 nitrogen and oxygen atoms in total. The summed E-state index contributed by atoms with van der Waals surface area (Å²) >= 11 is 1.66. The molecule has 22 heavy (non-hydrogen) atoms. The summed E-state index contributed by atoms with van der Waals surface area (Å²) in [6.45, 7) is 0. The van der Waals surface area contributed by atoms with Gasteiger partial charge in [-0.25, -0.2) is 4.39 Å². The van der Waals surface area contributed by atoms with Crippen LogP contribution in [-0.4, -0.2) is 17.9 Å². The third kappa shape index (κ3) is 4.60. The summed E-state index contributed by atoms with van der Waals surface area (Å²) in [4.78, 5) is 1.16. The molecule has 2 rings (SSSR count). The van der Waals surface area contributed by atoms with Gasteiger partial charge >= 0.3 is 0 Å². The van der Waals surface area contributed by atoms with E-state index in [0.717, 1.165) is 16.0 Å². The molecule has 2 aromatic rings. The quantitative estimate of drug-likeness (QED) is 0.385. The lowest BCUT2D eigenvalue weighted by Gasteiger charge is -2.07. The Labute approximate surface area is 133 Å². The van der Waals surface area contributed by atoms with Gasteiger partial charge in [-0.15, -0.1) is 16.9 Å². The Kier molecular flexibility index (Phi) is 5.55. The summed E-state index contributed by atoms with van der Waals surface area (Å²) < 4.78 is 13.0. The number of guanidine groups is 1. The molecule has 0 amide bonds. The number of hydrogen-bond donors (Lipinski definition) is 2. The lowest BCUT2D eigenvalue weighted by molar-refractivity contribution is 0.627.